The van der Waals surface area contributed by atoms with E-state index in [1.807, 2.05) is 78.9 Å². The van der Waals surface area contributed by atoms with Gasteiger partial charge in [-0.15, -0.1) is 0 Å². The zero-order valence-electron chi connectivity index (χ0n) is 20.4. The molecule has 0 aromatic heterocycles. The van der Waals surface area contributed by atoms with Crippen molar-refractivity contribution in [3.05, 3.63) is 108 Å². The zero-order valence-corrected chi connectivity index (χ0v) is 21.3. The SMILES string of the molecule is O=C(O)CC(CCc1ccccc1)C(=O)NC(Cc1ccccc1)C(=S)NCCCc1ccccc1. The van der Waals surface area contributed by atoms with E-state index in [1.165, 1.54) is 5.56 Å². The van der Waals surface area contributed by atoms with Gasteiger partial charge < -0.3 is 15.7 Å². The molecule has 0 heterocycles. The lowest BCUT2D eigenvalue weighted by Crippen LogP contribution is -2.49. The normalized spacial score (nSPS) is 12.3. The Morgan fingerprint density at radius 2 is 1.31 bits per heavy atom. The van der Waals surface area contributed by atoms with Crippen LogP contribution in [0.5, 0.6) is 0 Å². The molecule has 36 heavy (non-hydrogen) atoms. The first kappa shape index (κ1) is 27.1. The highest BCUT2D eigenvalue weighted by molar-refractivity contribution is 7.80. The minimum absolute atomic E-state index is 0.214. The molecule has 3 aromatic carbocycles. The van der Waals surface area contributed by atoms with Gasteiger partial charge in [-0.3, -0.25) is 9.59 Å². The third-order valence-electron chi connectivity index (χ3n) is 6.12. The molecular formula is C30H34N2O3S. The van der Waals surface area contributed by atoms with Gasteiger partial charge >= 0.3 is 5.97 Å². The van der Waals surface area contributed by atoms with E-state index < -0.39 is 17.9 Å². The molecule has 6 heteroatoms. The molecule has 0 bridgehead atoms. The number of hydrogen-bond donors (Lipinski definition) is 3. The van der Waals surface area contributed by atoms with Crippen LogP contribution in [0.25, 0.3) is 0 Å². The third-order valence-corrected chi connectivity index (χ3v) is 6.54. The Morgan fingerprint density at radius 3 is 1.86 bits per heavy atom. The number of carbonyl (C=O) groups is 2. The predicted octanol–water partition coefficient (Wildman–Crippen LogP) is 4.99. The van der Waals surface area contributed by atoms with Crippen molar-refractivity contribution in [2.75, 3.05) is 6.54 Å². The van der Waals surface area contributed by atoms with Crippen LogP contribution in [0, 0.1) is 5.92 Å². The van der Waals surface area contributed by atoms with Crippen molar-refractivity contribution in [2.45, 2.75) is 44.6 Å². The molecule has 0 radical (unpaired) electrons. The molecule has 0 aliphatic rings. The molecule has 3 N–H and O–H groups in total. The molecule has 1 amide bonds. The lowest BCUT2D eigenvalue weighted by Gasteiger charge is -2.24. The van der Waals surface area contributed by atoms with E-state index in [-0.39, 0.29) is 12.3 Å². The maximum atomic E-state index is 13.3. The Labute approximate surface area is 219 Å². The zero-order chi connectivity index (χ0) is 25.6. The monoisotopic (exact) mass is 502 g/mol. The van der Waals surface area contributed by atoms with E-state index in [0.29, 0.717) is 30.8 Å². The van der Waals surface area contributed by atoms with Crippen LogP contribution in [0.4, 0.5) is 0 Å². The first-order valence-electron chi connectivity index (χ1n) is 12.4. The molecule has 188 valence electrons. The highest BCUT2D eigenvalue weighted by Gasteiger charge is 2.26. The molecule has 0 saturated heterocycles. The molecule has 3 aromatic rings. The number of carboxylic acids is 1. The number of amides is 1. The molecule has 0 fully saturated rings. The summed E-state index contributed by atoms with van der Waals surface area (Å²) < 4.78 is 0. The lowest BCUT2D eigenvalue weighted by atomic mass is 9.94. The lowest BCUT2D eigenvalue weighted by molar-refractivity contribution is -0.141. The molecule has 5 nitrogen and oxygen atoms in total. The fourth-order valence-electron chi connectivity index (χ4n) is 4.14. The predicted molar refractivity (Wildman–Crippen MR) is 148 cm³/mol. The first-order valence-corrected chi connectivity index (χ1v) is 12.8. The Morgan fingerprint density at radius 1 is 0.778 bits per heavy atom. The minimum atomic E-state index is -0.982. The molecule has 0 spiro atoms. The van der Waals surface area contributed by atoms with Gasteiger partial charge in [0.2, 0.25) is 5.91 Å². The van der Waals surface area contributed by atoms with Crippen molar-refractivity contribution in [3.63, 3.8) is 0 Å². The molecule has 0 aliphatic heterocycles. The van der Waals surface area contributed by atoms with Gasteiger partial charge in [-0.25, -0.2) is 0 Å². The maximum Gasteiger partial charge on any atom is 0.304 e. The number of carbonyl (C=O) groups excluding carboxylic acids is 1. The number of thiocarbonyl (C=S) groups is 1. The summed E-state index contributed by atoms with van der Waals surface area (Å²) in [7, 11) is 0. The van der Waals surface area contributed by atoms with Gasteiger partial charge in [-0.1, -0.05) is 103 Å². The van der Waals surface area contributed by atoms with Crippen molar-refractivity contribution < 1.29 is 14.7 Å². The van der Waals surface area contributed by atoms with Crippen molar-refractivity contribution >= 4 is 29.1 Å². The largest absolute Gasteiger partial charge is 0.481 e. The summed E-state index contributed by atoms with van der Waals surface area (Å²) >= 11 is 5.70. The summed E-state index contributed by atoms with van der Waals surface area (Å²) in [5.74, 6) is -1.89. The second-order valence-corrected chi connectivity index (χ2v) is 9.39. The van der Waals surface area contributed by atoms with Crippen molar-refractivity contribution in [1.29, 1.82) is 0 Å². The standard InChI is InChI=1S/C30H34N2O3S/c33-28(34)22-26(19-18-24-13-6-2-7-14-24)29(35)32-27(21-25-15-8-3-9-16-25)30(36)31-20-10-17-23-11-4-1-5-12-23/h1-9,11-16,26-27H,10,17-22H2,(H,31,36)(H,32,35)(H,33,34). The average Bonchev–Trinajstić information content (AvgIpc) is 2.90. The Kier molecular flexibility index (Phi) is 11.1. The highest BCUT2D eigenvalue weighted by Crippen LogP contribution is 2.15. The van der Waals surface area contributed by atoms with Crippen LogP contribution < -0.4 is 10.6 Å². The number of carboxylic acid groups (broad SMARTS) is 1. The molecule has 0 saturated carbocycles. The molecule has 0 aliphatic carbocycles. The van der Waals surface area contributed by atoms with Crippen LogP contribution in [0.3, 0.4) is 0 Å². The van der Waals surface area contributed by atoms with Crippen LogP contribution >= 0.6 is 12.2 Å². The van der Waals surface area contributed by atoms with Gasteiger partial charge in [0.25, 0.3) is 0 Å². The fourth-order valence-corrected chi connectivity index (χ4v) is 4.39. The summed E-state index contributed by atoms with van der Waals surface area (Å²) in [5, 5.41) is 15.8. The van der Waals surface area contributed by atoms with E-state index in [0.717, 1.165) is 24.0 Å². The van der Waals surface area contributed by atoms with Crippen molar-refractivity contribution in [2.24, 2.45) is 5.92 Å². The van der Waals surface area contributed by atoms with Crippen molar-refractivity contribution in [3.8, 4) is 0 Å². The number of benzene rings is 3. The minimum Gasteiger partial charge on any atom is -0.481 e. The Balaban J connectivity index is 1.62. The van der Waals surface area contributed by atoms with Crippen LogP contribution in [0.2, 0.25) is 0 Å². The van der Waals surface area contributed by atoms with Gasteiger partial charge in [0.05, 0.1) is 17.5 Å². The quantitative estimate of drug-likeness (QED) is 0.214. The van der Waals surface area contributed by atoms with Crippen LogP contribution in [-0.4, -0.2) is 34.6 Å². The summed E-state index contributed by atoms with van der Waals surface area (Å²) in [6, 6.07) is 29.5. The van der Waals surface area contributed by atoms with Gasteiger partial charge in [-0.05, 0) is 48.8 Å². The van der Waals surface area contributed by atoms with Gasteiger partial charge in [0.15, 0.2) is 0 Å². The number of aliphatic carboxylic acids is 1. The topological polar surface area (TPSA) is 78.4 Å². The van der Waals surface area contributed by atoms with Gasteiger partial charge in [0, 0.05) is 12.5 Å². The molecule has 2 atom stereocenters. The number of rotatable bonds is 14. The van der Waals surface area contributed by atoms with Gasteiger partial charge in [0.1, 0.15) is 0 Å². The summed E-state index contributed by atoms with van der Waals surface area (Å²) in [6.45, 7) is 0.696. The average molecular weight is 503 g/mol. The van der Waals surface area contributed by atoms with Crippen LogP contribution in [0.1, 0.15) is 36.0 Å². The van der Waals surface area contributed by atoms with Crippen LogP contribution in [-0.2, 0) is 28.9 Å². The summed E-state index contributed by atoms with van der Waals surface area (Å²) in [5.41, 5.74) is 3.40. The van der Waals surface area contributed by atoms with E-state index in [1.54, 1.807) is 0 Å². The number of hydrogen-bond acceptors (Lipinski definition) is 3. The molecular weight excluding hydrogens is 468 g/mol. The highest BCUT2D eigenvalue weighted by atomic mass is 32.1. The smallest absolute Gasteiger partial charge is 0.304 e. The molecule has 3 rings (SSSR count). The summed E-state index contributed by atoms with van der Waals surface area (Å²) in [6.07, 6.45) is 3.26. The fraction of sp³-hybridized carbons (Fsp3) is 0.300. The van der Waals surface area contributed by atoms with Crippen molar-refractivity contribution in [1.82, 2.24) is 10.6 Å². The van der Waals surface area contributed by atoms with E-state index in [4.69, 9.17) is 12.2 Å². The second-order valence-electron chi connectivity index (χ2n) is 8.95. The maximum absolute atomic E-state index is 13.3. The number of nitrogens with one attached hydrogen (secondary N) is 2. The summed E-state index contributed by atoms with van der Waals surface area (Å²) in [4.78, 5) is 25.3. The van der Waals surface area contributed by atoms with E-state index in [2.05, 4.69) is 22.8 Å². The molecule has 2 unspecified atom stereocenters. The van der Waals surface area contributed by atoms with Crippen LogP contribution in [0.15, 0.2) is 91.0 Å². The van der Waals surface area contributed by atoms with Gasteiger partial charge in [-0.2, -0.15) is 0 Å². The first-order chi connectivity index (χ1) is 17.5. The Hall–Kier alpha value is -3.51. The van der Waals surface area contributed by atoms with E-state index >= 15 is 0 Å². The van der Waals surface area contributed by atoms with E-state index in [9.17, 15) is 14.7 Å². The Bertz CT molecular complexity index is 1090. The third kappa shape index (κ3) is 9.62. The number of aryl methyl sites for hydroxylation is 2. The second kappa shape index (κ2) is 14.8.